The summed E-state index contributed by atoms with van der Waals surface area (Å²) >= 11 is 7.38. The summed E-state index contributed by atoms with van der Waals surface area (Å²) in [6, 6.07) is 12.2. The van der Waals surface area contributed by atoms with E-state index in [9.17, 15) is 12.8 Å². The Hall–Kier alpha value is -1.96. The topological polar surface area (TPSA) is 50.3 Å². The van der Waals surface area contributed by atoms with E-state index in [2.05, 4.69) is 41.5 Å². The highest BCUT2D eigenvalue weighted by molar-refractivity contribution is 7.92. The number of hydrogen-bond acceptors (Lipinski definition) is 5. The van der Waals surface area contributed by atoms with Crippen molar-refractivity contribution in [2.45, 2.75) is 42.8 Å². The van der Waals surface area contributed by atoms with Gasteiger partial charge in [-0.15, -0.1) is 11.3 Å². The van der Waals surface area contributed by atoms with Crippen LogP contribution in [0.1, 0.15) is 36.6 Å². The predicted octanol–water partition coefficient (Wildman–Crippen LogP) is 5.53. The lowest BCUT2D eigenvalue weighted by molar-refractivity contribution is 0.529. The number of aryl methyl sites for hydroxylation is 1. The van der Waals surface area contributed by atoms with Crippen molar-refractivity contribution in [3.63, 3.8) is 0 Å². The molecule has 1 saturated heterocycles. The third kappa shape index (κ3) is 4.94. The molecular weight excluding hydrogens is 455 g/mol. The Balaban J connectivity index is 1.39. The maximum atomic E-state index is 13.4. The minimum absolute atomic E-state index is 0.0861. The Bertz CT molecular complexity index is 1150. The molecule has 1 aliphatic heterocycles. The lowest BCUT2D eigenvalue weighted by atomic mass is 10.1. The van der Waals surface area contributed by atoms with E-state index in [4.69, 9.17) is 16.6 Å². The van der Waals surface area contributed by atoms with E-state index < -0.39 is 20.9 Å². The number of sulfone groups is 1. The average Bonchev–Trinajstić information content (AvgIpc) is 3.24. The normalized spacial score (nSPS) is 15.4. The van der Waals surface area contributed by atoms with Crippen molar-refractivity contribution in [2.24, 2.45) is 0 Å². The van der Waals surface area contributed by atoms with Gasteiger partial charge in [0.05, 0.1) is 20.9 Å². The Morgan fingerprint density at radius 2 is 1.81 bits per heavy atom. The minimum Gasteiger partial charge on any atom is -0.348 e. The van der Waals surface area contributed by atoms with Gasteiger partial charge in [-0.1, -0.05) is 42.8 Å². The van der Waals surface area contributed by atoms with Gasteiger partial charge in [0.25, 0.3) is 0 Å². The molecule has 1 fully saturated rings. The van der Waals surface area contributed by atoms with Crippen molar-refractivity contribution < 1.29 is 12.8 Å². The highest BCUT2D eigenvalue weighted by atomic mass is 35.5. The van der Waals surface area contributed by atoms with Crippen LogP contribution in [0.3, 0.4) is 0 Å². The zero-order valence-electron chi connectivity index (χ0n) is 17.2. The number of aromatic nitrogens is 1. The zero-order chi connectivity index (χ0) is 22.0. The lowest BCUT2D eigenvalue weighted by Gasteiger charge is -2.31. The summed E-state index contributed by atoms with van der Waals surface area (Å²) in [5.41, 5.74) is 3.58. The molecule has 0 atom stereocenters. The van der Waals surface area contributed by atoms with Crippen LogP contribution >= 0.6 is 22.9 Å². The second-order valence-corrected chi connectivity index (χ2v) is 11.2. The van der Waals surface area contributed by atoms with Gasteiger partial charge in [-0.3, -0.25) is 0 Å². The summed E-state index contributed by atoms with van der Waals surface area (Å²) in [7, 11) is -3.54. The Morgan fingerprint density at radius 3 is 2.45 bits per heavy atom. The molecule has 3 aromatic rings. The van der Waals surface area contributed by atoms with E-state index in [0.717, 1.165) is 29.7 Å². The third-order valence-corrected chi connectivity index (χ3v) is 9.23. The number of anilines is 1. The maximum absolute atomic E-state index is 13.4. The monoisotopic (exact) mass is 478 g/mol. The van der Waals surface area contributed by atoms with E-state index in [1.807, 2.05) is 0 Å². The molecule has 0 saturated carbocycles. The van der Waals surface area contributed by atoms with Crippen LogP contribution in [0.15, 0.2) is 52.7 Å². The minimum atomic E-state index is -3.54. The zero-order valence-corrected chi connectivity index (χ0v) is 19.6. The summed E-state index contributed by atoms with van der Waals surface area (Å²) in [6.45, 7) is 3.39. The van der Waals surface area contributed by atoms with Gasteiger partial charge in [0.1, 0.15) is 5.82 Å². The standard InChI is InChI=1S/C23H24ClFN2O2S2/c1-2-16-3-5-17(6-4-16)13-18-15-30-23(26-18)27-11-9-19(10-12-27)31(28,29)20-7-8-22(25)21(24)14-20/h3-8,14-15,19H,2,9-13H2,1H3. The highest BCUT2D eigenvalue weighted by Gasteiger charge is 2.32. The molecule has 0 radical (unpaired) electrons. The van der Waals surface area contributed by atoms with Crippen molar-refractivity contribution in [1.82, 2.24) is 4.98 Å². The molecule has 1 aromatic heterocycles. The molecule has 8 heteroatoms. The summed E-state index contributed by atoms with van der Waals surface area (Å²) in [5.74, 6) is -0.615. The van der Waals surface area contributed by atoms with Crippen LogP contribution in [0.2, 0.25) is 5.02 Å². The number of hydrogen-bond donors (Lipinski definition) is 0. The van der Waals surface area contributed by atoms with Crippen LogP contribution in [0.25, 0.3) is 0 Å². The van der Waals surface area contributed by atoms with E-state index in [-0.39, 0.29) is 9.92 Å². The highest BCUT2D eigenvalue weighted by Crippen LogP contribution is 2.31. The summed E-state index contributed by atoms with van der Waals surface area (Å²) in [6.07, 6.45) is 2.83. The number of piperidine rings is 1. The molecule has 0 bridgehead atoms. The van der Waals surface area contributed by atoms with Gasteiger partial charge in [0.15, 0.2) is 15.0 Å². The van der Waals surface area contributed by atoms with Crippen LogP contribution < -0.4 is 4.90 Å². The van der Waals surface area contributed by atoms with Gasteiger partial charge >= 0.3 is 0 Å². The van der Waals surface area contributed by atoms with Crippen molar-refractivity contribution in [3.8, 4) is 0 Å². The number of benzene rings is 2. The van der Waals surface area contributed by atoms with Crippen molar-refractivity contribution in [2.75, 3.05) is 18.0 Å². The predicted molar refractivity (Wildman–Crippen MR) is 125 cm³/mol. The van der Waals surface area contributed by atoms with Crippen molar-refractivity contribution in [1.29, 1.82) is 0 Å². The molecule has 2 heterocycles. The van der Waals surface area contributed by atoms with Crippen molar-refractivity contribution >= 4 is 37.9 Å². The molecule has 4 nitrogen and oxygen atoms in total. The fraction of sp³-hybridized carbons (Fsp3) is 0.348. The molecule has 2 aromatic carbocycles. The van der Waals surface area contributed by atoms with Crippen LogP contribution in [-0.4, -0.2) is 31.7 Å². The Morgan fingerprint density at radius 1 is 1.13 bits per heavy atom. The number of thiazole rings is 1. The Kier molecular flexibility index (Phi) is 6.65. The first kappa shape index (κ1) is 22.2. The van der Waals surface area contributed by atoms with Gasteiger partial charge in [0, 0.05) is 24.9 Å². The smallest absolute Gasteiger partial charge is 0.185 e. The van der Waals surface area contributed by atoms with Crippen LogP contribution in [-0.2, 0) is 22.7 Å². The van der Waals surface area contributed by atoms with Gasteiger partial charge in [0.2, 0.25) is 0 Å². The summed E-state index contributed by atoms with van der Waals surface area (Å²) in [4.78, 5) is 7.01. The summed E-state index contributed by atoms with van der Waals surface area (Å²) < 4.78 is 39.3. The molecule has 0 N–H and O–H groups in total. The SMILES string of the molecule is CCc1ccc(Cc2csc(N3CCC(S(=O)(=O)c4ccc(F)c(Cl)c4)CC3)n2)cc1. The molecule has 0 spiro atoms. The van der Waals surface area contributed by atoms with Crippen LogP contribution in [0.4, 0.5) is 9.52 Å². The molecule has 164 valence electrons. The second-order valence-electron chi connectivity index (χ2n) is 7.78. The molecule has 0 unspecified atom stereocenters. The first-order valence-electron chi connectivity index (χ1n) is 10.3. The molecule has 31 heavy (non-hydrogen) atoms. The van der Waals surface area contributed by atoms with Crippen molar-refractivity contribution in [3.05, 3.63) is 75.5 Å². The molecular formula is C23H24ClFN2O2S2. The fourth-order valence-electron chi connectivity index (χ4n) is 3.83. The van der Waals surface area contributed by atoms with E-state index in [0.29, 0.717) is 25.9 Å². The number of rotatable bonds is 6. The van der Waals surface area contributed by atoms with E-state index >= 15 is 0 Å². The molecule has 0 aliphatic carbocycles. The number of nitrogens with zero attached hydrogens (tertiary/aromatic N) is 2. The van der Waals surface area contributed by atoms with Crippen LogP contribution in [0, 0.1) is 5.82 Å². The van der Waals surface area contributed by atoms with Crippen LogP contribution in [0.5, 0.6) is 0 Å². The Labute approximate surface area is 191 Å². The van der Waals surface area contributed by atoms with E-state index in [1.165, 1.54) is 23.3 Å². The second kappa shape index (κ2) is 9.27. The largest absolute Gasteiger partial charge is 0.348 e. The first-order valence-corrected chi connectivity index (χ1v) is 13.1. The molecule has 4 rings (SSSR count). The van der Waals surface area contributed by atoms with Gasteiger partial charge in [-0.2, -0.15) is 0 Å². The van der Waals surface area contributed by atoms with Gasteiger partial charge in [-0.05, 0) is 48.6 Å². The fourth-order valence-corrected chi connectivity index (χ4v) is 6.71. The summed E-state index contributed by atoms with van der Waals surface area (Å²) in [5, 5.41) is 2.34. The molecule has 0 amide bonds. The average molecular weight is 479 g/mol. The van der Waals surface area contributed by atoms with Gasteiger partial charge < -0.3 is 4.90 Å². The third-order valence-electron chi connectivity index (χ3n) is 5.73. The molecule has 1 aliphatic rings. The quantitative estimate of drug-likeness (QED) is 0.437. The maximum Gasteiger partial charge on any atom is 0.185 e. The first-order chi connectivity index (χ1) is 14.9. The van der Waals surface area contributed by atoms with Gasteiger partial charge in [-0.25, -0.2) is 17.8 Å². The number of halogens is 2. The lowest BCUT2D eigenvalue weighted by Crippen LogP contribution is -2.39. The van der Waals surface area contributed by atoms with E-state index in [1.54, 1.807) is 11.3 Å².